The molecule has 0 saturated heterocycles. The number of aromatic nitrogens is 4. The Balaban J connectivity index is 2.33. The summed E-state index contributed by atoms with van der Waals surface area (Å²) in [6.45, 7) is 5.84. The number of nitrogens with zero attached hydrogens (tertiary/aromatic N) is 4. The van der Waals surface area contributed by atoms with Crippen LogP contribution in [0.2, 0.25) is 0 Å². The van der Waals surface area contributed by atoms with Crippen molar-refractivity contribution in [1.82, 2.24) is 25.4 Å². The quantitative estimate of drug-likeness (QED) is 0.860. The van der Waals surface area contributed by atoms with E-state index in [-0.39, 0.29) is 5.54 Å². The second-order valence-corrected chi connectivity index (χ2v) is 4.38. The van der Waals surface area contributed by atoms with Crippen LogP contribution in [-0.2, 0) is 5.54 Å². The van der Waals surface area contributed by atoms with Crippen LogP contribution in [0, 0.1) is 6.92 Å². The van der Waals surface area contributed by atoms with Crippen LogP contribution in [0.1, 0.15) is 25.3 Å². The van der Waals surface area contributed by atoms with Gasteiger partial charge in [-0.3, -0.25) is 0 Å². The molecule has 0 bridgehead atoms. The molecule has 0 aliphatic heterocycles. The highest BCUT2D eigenvalue weighted by Crippen LogP contribution is 2.19. The molecule has 0 amide bonds. The van der Waals surface area contributed by atoms with Gasteiger partial charge in [0, 0.05) is 12.4 Å². The molecule has 17 heavy (non-hydrogen) atoms. The van der Waals surface area contributed by atoms with E-state index in [2.05, 4.69) is 25.4 Å². The summed E-state index contributed by atoms with van der Waals surface area (Å²) in [7, 11) is 1.84. The van der Waals surface area contributed by atoms with Crippen LogP contribution in [0.5, 0.6) is 0 Å². The van der Waals surface area contributed by atoms with E-state index in [4.69, 9.17) is 4.52 Å². The third-order valence-corrected chi connectivity index (χ3v) is 2.57. The van der Waals surface area contributed by atoms with Crippen molar-refractivity contribution in [3.8, 4) is 11.6 Å². The average molecular weight is 233 g/mol. The van der Waals surface area contributed by atoms with Gasteiger partial charge in [0.1, 0.15) is 0 Å². The Hall–Kier alpha value is -1.82. The highest BCUT2D eigenvalue weighted by atomic mass is 16.5. The third-order valence-electron chi connectivity index (χ3n) is 2.57. The van der Waals surface area contributed by atoms with Crippen molar-refractivity contribution in [1.29, 1.82) is 0 Å². The molecule has 0 aromatic carbocycles. The first-order valence-corrected chi connectivity index (χ1v) is 5.35. The summed E-state index contributed by atoms with van der Waals surface area (Å²) in [4.78, 5) is 12.6. The lowest BCUT2D eigenvalue weighted by Crippen LogP contribution is -2.33. The van der Waals surface area contributed by atoms with Crippen molar-refractivity contribution < 1.29 is 4.52 Å². The Morgan fingerprint density at radius 3 is 2.41 bits per heavy atom. The van der Waals surface area contributed by atoms with Crippen molar-refractivity contribution in [3.05, 3.63) is 23.8 Å². The van der Waals surface area contributed by atoms with Crippen molar-refractivity contribution in [3.63, 3.8) is 0 Å². The zero-order chi connectivity index (χ0) is 12.5. The van der Waals surface area contributed by atoms with E-state index >= 15 is 0 Å². The largest absolute Gasteiger partial charge is 0.337 e. The molecule has 0 atom stereocenters. The molecule has 0 unspecified atom stereocenters. The van der Waals surface area contributed by atoms with Crippen molar-refractivity contribution in [2.24, 2.45) is 0 Å². The van der Waals surface area contributed by atoms with Crippen LogP contribution in [0.3, 0.4) is 0 Å². The summed E-state index contributed by atoms with van der Waals surface area (Å²) in [6.07, 6.45) is 3.45. The fraction of sp³-hybridized carbons (Fsp3) is 0.455. The molecule has 0 fully saturated rings. The van der Waals surface area contributed by atoms with Gasteiger partial charge in [0.25, 0.3) is 0 Å². The number of hydrogen-bond acceptors (Lipinski definition) is 6. The second kappa shape index (κ2) is 4.21. The van der Waals surface area contributed by atoms with Gasteiger partial charge in [-0.25, -0.2) is 9.97 Å². The third kappa shape index (κ3) is 2.31. The standard InChI is InChI=1S/C11H15N5O/c1-7-5-13-8(14-6-7)9-15-10(17-16-9)11(2,3)12-4/h5-6,12H,1-4H3. The Labute approximate surface area is 99.5 Å². The maximum Gasteiger partial charge on any atom is 0.246 e. The van der Waals surface area contributed by atoms with E-state index < -0.39 is 0 Å². The van der Waals surface area contributed by atoms with Gasteiger partial charge >= 0.3 is 0 Å². The molecule has 0 saturated carbocycles. The van der Waals surface area contributed by atoms with Crippen LogP contribution in [0.15, 0.2) is 16.9 Å². The minimum absolute atomic E-state index is 0.365. The molecule has 90 valence electrons. The van der Waals surface area contributed by atoms with Crippen LogP contribution < -0.4 is 5.32 Å². The SMILES string of the molecule is CNC(C)(C)c1nc(-c2ncc(C)cn2)no1. The highest BCUT2D eigenvalue weighted by molar-refractivity contribution is 5.41. The van der Waals surface area contributed by atoms with Gasteiger partial charge in [-0.15, -0.1) is 0 Å². The molecular weight excluding hydrogens is 218 g/mol. The minimum Gasteiger partial charge on any atom is -0.337 e. The molecule has 0 radical (unpaired) electrons. The monoisotopic (exact) mass is 233 g/mol. The molecule has 2 heterocycles. The molecule has 0 spiro atoms. The van der Waals surface area contributed by atoms with Gasteiger partial charge < -0.3 is 9.84 Å². The Kier molecular flexibility index (Phi) is 2.89. The topological polar surface area (TPSA) is 76.7 Å². The predicted octanol–water partition coefficient (Wildman–Crippen LogP) is 1.29. The number of hydrogen-bond donors (Lipinski definition) is 1. The van der Waals surface area contributed by atoms with E-state index in [1.165, 1.54) is 0 Å². The maximum atomic E-state index is 5.20. The van der Waals surface area contributed by atoms with Gasteiger partial charge in [-0.2, -0.15) is 4.98 Å². The van der Waals surface area contributed by atoms with E-state index in [1.54, 1.807) is 12.4 Å². The fourth-order valence-corrected chi connectivity index (χ4v) is 1.18. The van der Waals surface area contributed by atoms with E-state index in [0.717, 1.165) is 5.56 Å². The molecule has 6 nitrogen and oxygen atoms in total. The summed E-state index contributed by atoms with van der Waals surface area (Å²) >= 11 is 0. The molecule has 2 rings (SSSR count). The zero-order valence-electron chi connectivity index (χ0n) is 10.4. The second-order valence-electron chi connectivity index (χ2n) is 4.38. The number of nitrogens with one attached hydrogen (secondary N) is 1. The lowest BCUT2D eigenvalue weighted by atomic mass is 10.1. The van der Waals surface area contributed by atoms with Crippen molar-refractivity contribution in [2.75, 3.05) is 7.05 Å². The van der Waals surface area contributed by atoms with Crippen molar-refractivity contribution in [2.45, 2.75) is 26.3 Å². The van der Waals surface area contributed by atoms with Gasteiger partial charge in [-0.1, -0.05) is 5.16 Å². The normalized spacial score (nSPS) is 11.8. The minimum atomic E-state index is -0.365. The molecule has 2 aromatic rings. The summed E-state index contributed by atoms with van der Waals surface area (Å²) in [5.41, 5.74) is 0.628. The van der Waals surface area contributed by atoms with Crippen LogP contribution >= 0.6 is 0 Å². The van der Waals surface area contributed by atoms with E-state index in [1.807, 2.05) is 27.8 Å². The molecule has 2 aromatic heterocycles. The summed E-state index contributed by atoms with van der Waals surface area (Å²) in [5, 5.41) is 6.97. The lowest BCUT2D eigenvalue weighted by molar-refractivity contribution is 0.281. The molecule has 6 heteroatoms. The average Bonchev–Trinajstić information content (AvgIpc) is 2.80. The van der Waals surface area contributed by atoms with E-state index in [9.17, 15) is 0 Å². The van der Waals surface area contributed by atoms with Gasteiger partial charge in [0.05, 0.1) is 5.54 Å². The molecule has 0 aliphatic rings. The Morgan fingerprint density at radius 2 is 1.82 bits per heavy atom. The zero-order valence-corrected chi connectivity index (χ0v) is 10.4. The maximum absolute atomic E-state index is 5.20. The van der Waals surface area contributed by atoms with Crippen LogP contribution in [0.25, 0.3) is 11.6 Å². The van der Waals surface area contributed by atoms with Crippen LogP contribution in [-0.4, -0.2) is 27.2 Å². The first-order chi connectivity index (χ1) is 8.03. The number of rotatable bonds is 3. The Bertz CT molecular complexity index is 503. The Morgan fingerprint density at radius 1 is 1.18 bits per heavy atom. The van der Waals surface area contributed by atoms with E-state index in [0.29, 0.717) is 17.5 Å². The molecule has 0 aliphatic carbocycles. The van der Waals surface area contributed by atoms with Crippen LogP contribution in [0.4, 0.5) is 0 Å². The van der Waals surface area contributed by atoms with Gasteiger partial charge in [-0.05, 0) is 33.4 Å². The first kappa shape index (κ1) is 11.7. The fourth-order valence-electron chi connectivity index (χ4n) is 1.18. The summed E-state index contributed by atoms with van der Waals surface area (Å²) in [6, 6.07) is 0. The summed E-state index contributed by atoms with van der Waals surface area (Å²) < 4.78 is 5.20. The van der Waals surface area contributed by atoms with Crippen molar-refractivity contribution >= 4 is 0 Å². The number of aryl methyl sites for hydroxylation is 1. The van der Waals surface area contributed by atoms with Gasteiger partial charge in [0.15, 0.2) is 0 Å². The molecular formula is C11H15N5O. The van der Waals surface area contributed by atoms with Gasteiger partial charge in [0.2, 0.25) is 17.5 Å². The predicted molar refractivity (Wildman–Crippen MR) is 62.1 cm³/mol. The smallest absolute Gasteiger partial charge is 0.246 e. The summed E-state index contributed by atoms with van der Waals surface area (Å²) in [5.74, 6) is 1.39. The first-order valence-electron chi connectivity index (χ1n) is 5.35. The molecule has 1 N–H and O–H groups in total. The highest BCUT2D eigenvalue weighted by Gasteiger charge is 2.26. The lowest BCUT2D eigenvalue weighted by Gasteiger charge is -2.17.